The summed E-state index contributed by atoms with van der Waals surface area (Å²) in [4.78, 5) is 15.1. The molecule has 0 aliphatic rings. The largest absolute Gasteiger partial charge is 0.494 e. The van der Waals surface area contributed by atoms with Crippen LogP contribution in [-0.4, -0.2) is 27.7 Å². The number of nitrogens with one attached hydrogen (secondary N) is 1. The van der Waals surface area contributed by atoms with Gasteiger partial charge in [0.1, 0.15) is 17.1 Å². The summed E-state index contributed by atoms with van der Waals surface area (Å²) in [6.45, 7) is 3.52. The molecule has 6 heteroatoms. The summed E-state index contributed by atoms with van der Waals surface area (Å²) in [7, 11) is 1.59. The first kappa shape index (κ1) is 12.2. The topological polar surface area (TPSA) is 75.9 Å². The minimum Gasteiger partial charge on any atom is -0.494 e. The zero-order valence-electron chi connectivity index (χ0n) is 10.5. The Morgan fingerprint density at radius 2 is 2.28 bits per heavy atom. The Hall–Kier alpha value is -2.24. The standard InChI is InChI=1S/C12H15N3O3/c1-12(2,14-11(16)17)10-13-7-8-9(18-3)5-4-6-15(8)10/h4-7,14H,1-3H3,(H,16,17). The van der Waals surface area contributed by atoms with Gasteiger partial charge in [-0.2, -0.15) is 0 Å². The average molecular weight is 249 g/mol. The van der Waals surface area contributed by atoms with Gasteiger partial charge in [0, 0.05) is 6.20 Å². The van der Waals surface area contributed by atoms with Crippen LogP contribution >= 0.6 is 0 Å². The first-order valence-electron chi connectivity index (χ1n) is 5.47. The molecule has 2 heterocycles. The van der Waals surface area contributed by atoms with Crippen LogP contribution in [0.1, 0.15) is 19.7 Å². The quantitative estimate of drug-likeness (QED) is 0.870. The minimum absolute atomic E-state index is 0.610. The Morgan fingerprint density at radius 1 is 1.56 bits per heavy atom. The molecule has 0 saturated heterocycles. The number of imidazole rings is 1. The summed E-state index contributed by atoms with van der Waals surface area (Å²) in [5.41, 5.74) is 0.0141. The van der Waals surface area contributed by atoms with Gasteiger partial charge < -0.3 is 15.2 Å². The number of aromatic nitrogens is 2. The van der Waals surface area contributed by atoms with E-state index in [1.807, 2.05) is 22.7 Å². The highest BCUT2D eigenvalue weighted by Gasteiger charge is 2.27. The van der Waals surface area contributed by atoms with Crippen molar-refractivity contribution >= 4 is 11.6 Å². The van der Waals surface area contributed by atoms with E-state index in [2.05, 4.69) is 10.3 Å². The summed E-state index contributed by atoms with van der Waals surface area (Å²) in [5, 5.41) is 11.3. The second-order valence-electron chi connectivity index (χ2n) is 4.47. The van der Waals surface area contributed by atoms with E-state index in [1.165, 1.54) is 0 Å². The Labute approximate surface area is 104 Å². The van der Waals surface area contributed by atoms with Crippen molar-refractivity contribution < 1.29 is 14.6 Å². The molecule has 0 unspecified atom stereocenters. The zero-order chi connectivity index (χ0) is 13.3. The molecular formula is C12H15N3O3. The maximum atomic E-state index is 10.8. The van der Waals surface area contributed by atoms with Crippen molar-refractivity contribution in [1.29, 1.82) is 0 Å². The SMILES string of the molecule is COc1cccn2c(C(C)(C)NC(=O)O)ncc12. The summed E-state index contributed by atoms with van der Waals surface area (Å²) in [6.07, 6.45) is 2.41. The van der Waals surface area contributed by atoms with Crippen LogP contribution in [-0.2, 0) is 5.54 Å². The smallest absolute Gasteiger partial charge is 0.405 e. The number of pyridine rings is 1. The lowest BCUT2D eigenvalue weighted by Gasteiger charge is -2.23. The number of rotatable bonds is 3. The Bertz CT molecular complexity index is 589. The van der Waals surface area contributed by atoms with Crippen LogP contribution in [0.3, 0.4) is 0 Å². The van der Waals surface area contributed by atoms with Crippen molar-refractivity contribution in [2.45, 2.75) is 19.4 Å². The number of ether oxygens (including phenoxy) is 1. The van der Waals surface area contributed by atoms with E-state index >= 15 is 0 Å². The van der Waals surface area contributed by atoms with E-state index in [4.69, 9.17) is 9.84 Å². The highest BCUT2D eigenvalue weighted by molar-refractivity contribution is 5.66. The number of nitrogens with zero attached hydrogens (tertiary/aromatic N) is 2. The van der Waals surface area contributed by atoms with Crippen molar-refractivity contribution in [1.82, 2.24) is 14.7 Å². The van der Waals surface area contributed by atoms with Crippen molar-refractivity contribution in [3.8, 4) is 5.75 Å². The lowest BCUT2D eigenvalue weighted by Crippen LogP contribution is -2.41. The molecule has 6 nitrogen and oxygen atoms in total. The number of methoxy groups -OCH3 is 1. The van der Waals surface area contributed by atoms with E-state index < -0.39 is 11.6 Å². The van der Waals surface area contributed by atoms with Crippen molar-refractivity contribution in [2.24, 2.45) is 0 Å². The fourth-order valence-corrected chi connectivity index (χ4v) is 1.95. The number of carbonyl (C=O) groups is 1. The maximum absolute atomic E-state index is 10.8. The third-order valence-electron chi connectivity index (χ3n) is 2.73. The van der Waals surface area contributed by atoms with E-state index in [0.717, 1.165) is 5.52 Å². The Kier molecular flexibility index (Phi) is 2.86. The molecule has 2 rings (SSSR count). The molecule has 2 aromatic heterocycles. The van der Waals surface area contributed by atoms with Crippen LogP contribution in [0.5, 0.6) is 5.75 Å². The molecule has 1 amide bonds. The monoisotopic (exact) mass is 249 g/mol. The van der Waals surface area contributed by atoms with Gasteiger partial charge in [-0.25, -0.2) is 9.78 Å². The zero-order valence-corrected chi connectivity index (χ0v) is 10.5. The molecule has 0 aliphatic heterocycles. The molecule has 0 bridgehead atoms. The van der Waals surface area contributed by atoms with Gasteiger partial charge in [0.2, 0.25) is 0 Å². The van der Waals surface area contributed by atoms with E-state index in [1.54, 1.807) is 27.2 Å². The molecule has 0 radical (unpaired) electrons. The van der Waals surface area contributed by atoms with E-state index in [9.17, 15) is 4.79 Å². The van der Waals surface area contributed by atoms with Crippen molar-refractivity contribution in [2.75, 3.05) is 7.11 Å². The normalized spacial score (nSPS) is 11.5. The maximum Gasteiger partial charge on any atom is 0.405 e. The number of carboxylic acid groups (broad SMARTS) is 1. The van der Waals surface area contributed by atoms with Crippen LogP contribution in [0, 0.1) is 0 Å². The molecular weight excluding hydrogens is 234 g/mol. The van der Waals surface area contributed by atoms with Gasteiger partial charge in [0.25, 0.3) is 0 Å². The molecule has 0 atom stereocenters. The highest BCUT2D eigenvalue weighted by Crippen LogP contribution is 2.25. The van der Waals surface area contributed by atoms with Gasteiger partial charge in [-0.05, 0) is 26.0 Å². The van der Waals surface area contributed by atoms with Gasteiger partial charge in [-0.15, -0.1) is 0 Å². The number of hydrogen-bond acceptors (Lipinski definition) is 3. The molecule has 18 heavy (non-hydrogen) atoms. The molecule has 0 fully saturated rings. The third-order valence-corrected chi connectivity index (χ3v) is 2.73. The van der Waals surface area contributed by atoms with Crippen molar-refractivity contribution in [3.05, 3.63) is 30.4 Å². The van der Waals surface area contributed by atoms with Crippen LogP contribution in [0.2, 0.25) is 0 Å². The predicted octanol–water partition coefficient (Wildman–Crippen LogP) is 1.85. The van der Waals surface area contributed by atoms with Crippen molar-refractivity contribution in [3.63, 3.8) is 0 Å². The Morgan fingerprint density at radius 3 is 2.89 bits per heavy atom. The van der Waals surface area contributed by atoms with E-state index in [0.29, 0.717) is 11.6 Å². The second kappa shape index (κ2) is 4.21. The van der Waals surface area contributed by atoms with Gasteiger partial charge in [0.05, 0.1) is 18.8 Å². The fraction of sp³-hybridized carbons (Fsp3) is 0.333. The van der Waals surface area contributed by atoms with Crippen LogP contribution in [0.4, 0.5) is 4.79 Å². The lowest BCUT2D eigenvalue weighted by atomic mass is 10.1. The lowest BCUT2D eigenvalue weighted by molar-refractivity contribution is 0.181. The number of hydrogen-bond donors (Lipinski definition) is 2. The first-order valence-corrected chi connectivity index (χ1v) is 5.47. The van der Waals surface area contributed by atoms with Gasteiger partial charge in [-0.3, -0.25) is 4.40 Å². The summed E-state index contributed by atoms with van der Waals surface area (Å²) in [5.74, 6) is 1.31. The highest BCUT2D eigenvalue weighted by atomic mass is 16.5. The number of amides is 1. The van der Waals surface area contributed by atoms with E-state index in [-0.39, 0.29) is 0 Å². The van der Waals surface area contributed by atoms with Crippen LogP contribution in [0.25, 0.3) is 5.52 Å². The molecule has 0 saturated carbocycles. The first-order chi connectivity index (χ1) is 8.45. The average Bonchev–Trinajstić information content (AvgIpc) is 2.71. The molecule has 2 aromatic rings. The minimum atomic E-state index is -1.08. The van der Waals surface area contributed by atoms with Crippen LogP contribution < -0.4 is 10.1 Å². The second-order valence-corrected chi connectivity index (χ2v) is 4.47. The number of fused-ring (bicyclic) bond motifs is 1. The molecule has 0 spiro atoms. The fourth-order valence-electron chi connectivity index (χ4n) is 1.95. The van der Waals surface area contributed by atoms with Crippen LogP contribution in [0.15, 0.2) is 24.5 Å². The van der Waals surface area contributed by atoms with Gasteiger partial charge in [0.15, 0.2) is 0 Å². The third kappa shape index (κ3) is 1.97. The molecule has 0 aromatic carbocycles. The predicted molar refractivity (Wildman–Crippen MR) is 65.9 cm³/mol. The Balaban J connectivity index is 2.56. The molecule has 0 aliphatic carbocycles. The van der Waals surface area contributed by atoms with Gasteiger partial charge in [-0.1, -0.05) is 0 Å². The summed E-state index contributed by atoms with van der Waals surface area (Å²) >= 11 is 0. The molecule has 96 valence electrons. The molecule has 2 N–H and O–H groups in total. The summed E-state index contributed by atoms with van der Waals surface area (Å²) in [6, 6.07) is 3.66. The van der Waals surface area contributed by atoms with Gasteiger partial charge >= 0.3 is 6.09 Å². The summed E-state index contributed by atoms with van der Waals surface area (Å²) < 4.78 is 7.05.